The maximum Gasteiger partial charge on any atom is 0.338 e. The number of hydrogen-bond acceptors (Lipinski definition) is 2. The van der Waals surface area contributed by atoms with E-state index >= 15 is 0 Å². The standard InChI is InChI=1S/C17H16O2/c18-17(11-4-2-1-3-5-11)19-14-9-15-12-6-7-13(8-12)16(15)10-14/h1-7,9,12-14,16H,8,10H2/t12-,13+,14+,16+/m0/s1. The molecule has 1 aromatic carbocycles. The second-order valence-electron chi connectivity index (χ2n) is 5.71. The van der Waals surface area contributed by atoms with Crippen molar-refractivity contribution >= 4 is 5.97 Å². The van der Waals surface area contributed by atoms with Crippen LogP contribution in [0.1, 0.15) is 23.2 Å². The highest BCUT2D eigenvalue weighted by Crippen LogP contribution is 2.52. The quantitative estimate of drug-likeness (QED) is 0.596. The van der Waals surface area contributed by atoms with Gasteiger partial charge in [0.2, 0.25) is 0 Å². The third-order valence-electron chi connectivity index (χ3n) is 4.62. The van der Waals surface area contributed by atoms with Crippen molar-refractivity contribution in [2.45, 2.75) is 18.9 Å². The van der Waals surface area contributed by atoms with Gasteiger partial charge in [-0.2, -0.15) is 0 Å². The number of rotatable bonds is 2. The van der Waals surface area contributed by atoms with Crippen LogP contribution >= 0.6 is 0 Å². The van der Waals surface area contributed by atoms with Crippen LogP contribution in [0, 0.1) is 17.8 Å². The lowest BCUT2D eigenvalue weighted by atomic mass is 9.90. The summed E-state index contributed by atoms with van der Waals surface area (Å²) in [6, 6.07) is 9.24. The largest absolute Gasteiger partial charge is 0.455 e. The molecule has 3 aliphatic rings. The summed E-state index contributed by atoms with van der Waals surface area (Å²) >= 11 is 0. The molecule has 0 radical (unpaired) electrons. The molecule has 96 valence electrons. The Balaban J connectivity index is 1.48. The third kappa shape index (κ3) is 1.74. The summed E-state index contributed by atoms with van der Waals surface area (Å²) in [5.74, 6) is 1.73. The van der Waals surface area contributed by atoms with Gasteiger partial charge in [-0.25, -0.2) is 4.79 Å². The Morgan fingerprint density at radius 3 is 2.74 bits per heavy atom. The van der Waals surface area contributed by atoms with Crippen LogP contribution < -0.4 is 0 Å². The van der Waals surface area contributed by atoms with Gasteiger partial charge in [0, 0.05) is 0 Å². The zero-order valence-corrected chi connectivity index (χ0v) is 10.7. The van der Waals surface area contributed by atoms with Crippen molar-refractivity contribution in [1.82, 2.24) is 0 Å². The minimum absolute atomic E-state index is 0.0297. The highest BCUT2D eigenvalue weighted by molar-refractivity contribution is 5.89. The molecule has 0 spiro atoms. The predicted octanol–water partition coefficient (Wildman–Crippen LogP) is 3.36. The molecule has 2 nitrogen and oxygen atoms in total. The predicted molar refractivity (Wildman–Crippen MR) is 72.6 cm³/mol. The normalized spacial score (nSPS) is 34.2. The summed E-state index contributed by atoms with van der Waals surface area (Å²) in [4.78, 5) is 12.0. The number of ether oxygens (including phenoxy) is 1. The smallest absolute Gasteiger partial charge is 0.338 e. The maximum atomic E-state index is 12.0. The molecule has 1 fully saturated rings. The van der Waals surface area contributed by atoms with Crippen LogP contribution in [-0.2, 0) is 4.74 Å². The molecule has 0 aromatic heterocycles. The van der Waals surface area contributed by atoms with E-state index in [0.29, 0.717) is 23.3 Å². The van der Waals surface area contributed by atoms with E-state index in [0.717, 1.165) is 6.42 Å². The van der Waals surface area contributed by atoms with Crippen molar-refractivity contribution in [3.05, 3.63) is 59.7 Å². The summed E-state index contributed by atoms with van der Waals surface area (Å²) in [6.45, 7) is 0. The first-order valence-corrected chi connectivity index (χ1v) is 6.97. The van der Waals surface area contributed by atoms with Crippen LogP contribution in [0.25, 0.3) is 0 Å². The van der Waals surface area contributed by atoms with Crippen molar-refractivity contribution in [3.63, 3.8) is 0 Å². The van der Waals surface area contributed by atoms with Crippen LogP contribution in [0.15, 0.2) is 54.1 Å². The molecule has 1 aromatic rings. The monoisotopic (exact) mass is 252 g/mol. The van der Waals surface area contributed by atoms with Gasteiger partial charge in [0.25, 0.3) is 0 Å². The van der Waals surface area contributed by atoms with Crippen molar-refractivity contribution in [1.29, 1.82) is 0 Å². The van der Waals surface area contributed by atoms with Crippen molar-refractivity contribution in [2.24, 2.45) is 17.8 Å². The number of esters is 1. The molecule has 0 aliphatic heterocycles. The van der Waals surface area contributed by atoms with E-state index in [2.05, 4.69) is 18.2 Å². The van der Waals surface area contributed by atoms with Gasteiger partial charge in [-0.3, -0.25) is 0 Å². The van der Waals surface area contributed by atoms with Gasteiger partial charge in [-0.15, -0.1) is 0 Å². The minimum atomic E-state index is -0.206. The summed E-state index contributed by atoms with van der Waals surface area (Å²) in [5, 5.41) is 0. The second kappa shape index (κ2) is 4.09. The average Bonchev–Trinajstić information content (AvgIpc) is 3.11. The molecule has 3 aliphatic carbocycles. The van der Waals surface area contributed by atoms with Crippen molar-refractivity contribution in [3.8, 4) is 0 Å². The molecule has 0 amide bonds. The maximum absolute atomic E-state index is 12.0. The van der Waals surface area contributed by atoms with Crippen molar-refractivity contribution < 1.29 is 9.53 Å². The van der Waals surface area contributed by atoms with E-state index in [1.54, 1.807) is 12.1 Å². The van der Waals surface area contributed by atoms with Gasteiger partial charge < -0.3 is 4.74 Å². The fourth-order valence-corrected chi connectivity index (χ4v) is 3.75. The zero-order valence-electron chi connectivity index (χ0n) is 10.7. The zero-order chi connectivity index (χ0) is 12.8. The molecule has 2 bridgehead atoms. The molecule has 0 N–H and O–H groups in total. The van der Waals surface area contributed by atoms with Crippen LogP contribution in [0.2, 0.25) is 0 Å². The van der Waals surface area contributed by atoms with Gasteiger partial charge in [0.15, 0.2) is 0 Å². The van der Waals surface area contributed by atoms with Crippen LogP contribution in [0.4, 0.5) is 0 Å². The number of benzene rings is 1. The van der Waals surface area contributed by atoms with E-state index in [9.17, 15) is 4.79 Å². The lowest BCUT2D eigenvalue weighted by molar-refractivity contribution is 0.0375. The number of allylic oxidation sites excluding steroid dienone is 3. The molecular formula is C17H16O2. The second-order valence-corrected chi connectivity index (χ2v) is 5.71. The lowest BCUT2D eigenvalue weighted by Crippen LogP contribution is -2.16. The molecule has 0 saturated heterocycles. The third-order valence-corrected chi connectivity index (χ3v) is 4.62. The van der Waals surface area contributed by atoms with Crippen LogP contribution in [0.5, 0.6) is 0 Å². The summed E-state index contributed by atoms with van der Waals surface area (Å²) < 4.78 is 5.62. The lowest BCUT2D eigenvalue weighted by Gasteiger charge is -2.16. The van der Waals surface area contributed by atoms with Crippen LogP contribution in [0.3, 0.4) is 0 Å². The molecule has 4 rings (SSSR count). The fraction of sp³-hybridized carbons (Fsp3) is 0.353. The first-order chi connectivity index (χ1) is 9.31. The highest BCUT2D eigenvalue weighted by atomic mass is 16.5. The van der Waals surface area contributed by atoms with E-state index in [1.165, 1.54) is 12.0 Å². The van der Waals surface area contributed by atoms with Gasteiger partial charge >= 0.3 is 5.97 Å². The molecule has 19 heavy (non-hydrogen) atoms. The topological polar surface area (TPSA) is 26.3 Å². The molecular weight excluding hydrogens is 236 g/mol. The van der Waals surface area contributed by atoms with Crippen LogP contribution in [-0.4, -0.2) is 12.1 Å². The first kappa shape index (κ1) is 11.0. The number of carbonyl (C=O) groups excluding carboxylic acids is 1. The Morgan fingerprint density at radius 2 is 1.95 bits per heavy atom. The highest BCUT2D eigenvalue weighted by Gasteiger charge is 2.44. The van der Waals surface area contributed by atoms with E-state index in [1.807, 2.05) is 18.2 Å². The first-order valence-electron chi connectivity index (χ1n) is 6.97. The van der Waals surface area contributed by atoms with Gasteiger partial charge in [0.05, 0.1) is 5.56 Å². The number of fused-ring (bicyclic) bond motifs is 5. The SMILES string of the molecule is O=C(O[C@@H]1C=C2[C@H]3C=C[C@H](C3)[C@H]2C1)c1ccccc1. The Labute approximate surface area is 112 Å². The van der Waals surface area contributed by atoms with Crippen molar-refractivity contribution in [2.75, 3.05) is 0 Å². The number of carbonyl (C=O) groups is 1. The molecule has 0 heterocycles. The summed E-state index contributed by atoms with van der Waals surface area (Å²) in [6.07, 6.45) is 9.06. The molecule has 0 unspecified atom stereocenters. The molecule has 4 atom stereocenters. The molecule has 2 heteroatoms. The Kier molecular flexibility index (Phi) is 2.37. The molecule has 1 saturated carbocycles. The summed E-state index contributed by atoms with van der Waals surface area (Å²) in [5.41, 5.74) is 2.15. The Bertz CT molecular complexity index is 570. The Morgan fingerprint density at radius 1 is 1.11 bits per heavy atom. The number of hydrogen-bond donors (Lipinski definition) is 0. The summed E-state index contributed by atoms with van der Waals surface area (Å²) in [7, 11) is 0. The van der Waals surface area contributed by atoms with Gasteiger partial charge in [-0.1, -0.05) is 35.9 Å². The van der Waals surface area contributed by atoms with E-state index in [4.69, 9.17) is 4.74 Å². The minimum Gasteiger partial charge on any atom is -0.455 e. The van der Waals surface area contributed by atoms with E-state index < -0.39 is 0 Å². The Hall–Kier alpha value is -1.83. The fourth-order valence-electron chi connectivity index (χ4n) is 3.75. The average molecular weight is 252 g/mol. The van der Waals surface area contributed by atoms with Gasteiger partial charge in [0.1, 0.15) is 6.10 Å². The van der Waals surface area contributed by atoms with Gasteiger partial charge in [-0.05, 0) is 48.8 Å². The van der Waals surface area contributed by atoms with E-state index in [-0.39, 0.29) is 12.1 Å².